The summed E-state index contributed by atoms with van der Waals surface area (Å²) < 4.78 is 5.28. The van der Waals surface area contributed by atoms with Gasteiger partial charge in [0.15, 0.2) is 0 Å². The first-order chi connectivity index (χ1) is 7.74. The van der Waals surface area contributed by atoms with Crippen LogP contribution in [0.4, 0.5) is 5.95 Å². The van der Waals surface area contributed by atoms with Crippen LogP contribution >= 0.6 is 11.6 Å². The van der Waals surface area contributed by atoms with Crippen LogP contribution in [0.2, 0.25) is 5.02 Å². The summed E-state index contributed by atoms with van der Waals surface area (Å²) in [5.74, 6) is 0.586. The minimum Gasteiger partial charge on any atom is -0.394 e. The lowest BCUT2D eigenvalue weighted by Crippen LogP contribution is -2.33. The second-order valence-electron chi connectivity index (χ2n) is 3.78. The fourth-order valence-corrected chi connectivity index (χ4v) is 2.01. The number of halogens is 1. The van der Waals surface area contributed by atoms with E-state index in [1.807, 2.05) is 4.90 Å². The van der Waals surface area contributed by atoms with Crippen molar-refractivity contribution < 1.29 is 9.84 Å². The number of ether oxygens (including phenoxy) is 1. The minimum absolute atomic E-state index is 0.0196. The van der Waals surface area contributed by atoms with E-state index >= 15 is 0 Å². The smallest absolute Gasteiger partial charge is 0.225 e. The average Bonchev–Trinajstić information content (AvgIpc) is 2.73. The number of aliphatic hydroxyl groups is 1. The second kappa shape index (κ2) is 4.95. The van der Waals surface area contributed by atoms with Crippen LogP contribution in [0.25, 0.3) is 0 Å². The molecule has 0 amide bonds. The molecule has 1 aliphatic rings. The van der Waals surface area contributed by atoms with Gasteiger partial charge in [-0.1, -0.05) is 11.6 Å². The molecule has 6 heteroatoms. The zero-order valence-electron chi connectivity index (χ0n) is 9.01. The topological polar surface area (TPSA) is 58.5 Å². The van der Waals surface area contributed by atoms with Crippen LogP contribution in [-0.2, 0) is 4.74 Å². The molecule has 0 unspecified atom stereocenters. The zero-order valence-corrected chi connectivity index (χ0v) is 9.76. The standard InChI is InChI=1S/C10H14ClN3O2/c1-16-9-2-8(6-15)14(5-9)10-12-3-7(11)4-13-10/h3-4,8-9,15H,2,5-6H2,1H3/t8-,9+/m0/s1. The number of aliphatic hydroxyl groups excluding tert-OH is 1. The Bertz CT molecular complexity index is 346. The summed E-state index contributed by atoms with van der Waals surface area (Å²) in [4.78, 5) is 10.2. The summed E-state index contributed by atoms with van der Waals surface area (Å²) in [6.07, 6.45) is 4.02. The third kappa shape index (κ3) is 2.26. The van der Waals surface area contributed by atoms with Gasteiger partial charge < -0.3 is 14.7 Å². The second-order valence-corrected chi connectivity index (χ2v) is 4.22. The van der Waals surface area contributed by atoms with Gasteiger partial charge in [-0.25, -0.2) is 9.97 Å². The lowest BCUT2D eigenvalue weighted by Gasteiger charge is -2.22. The van der Waals surface area contributed by atoms with Crippen LogP contribution in [-0.4, -0.2) is 47.5 Å². The highest BCUT2D eigenvalue weighted by molar-refractivity contribution is 6.30. The molecule has 16 heavy (non-hydrogen) atoms. The lowest BCUT2D eigenvalue weighted by atomic mass is 10.2. The van der Waals surface area contributed by atoms with E-state index in [1.54, 1.807) is 19.5 Å². The van der Waals surface area contributed by atoms with Crippen molar-refractivity contribution >= 4 is 17.5 Å². The van der Waals surface area contributed by atoms with Gasteiger partial charge in [-0.05, 0) is 6.42 Å². The number of aromatic nitrogens is 2. The highest BCUT2D eigenvalue weighted by atomic mass is 35.5. The summed E-state index contributed by atoms with van der Waals surface area (Å²) in [6.45, 7) is 0.773. The number of rotatable bonds is 3. The molecular weight excluding hydrogens is 230 g/mol. The van der Waals surface area contributed by atoms with E-state index in [9.17, 15) is 5.11 Å². The first-order valence-electron chi connectivity index (χ1n) is 5.12. The van der Waals surface area contributed by atoms with Crippen molar-refractivity contribution in [1.29, 1.82) is 0 Å². The first kappa shape index (κ1) is 11.6. The van der Waals surface area contributed by atoms with Crippen LogP contribution < -0.4 is 4.90 Å². The molecule has 88 valence electrons. The molecule has 1 aromatic heterocycles. The number of hydrogen-bond donors (Lipinski definition) is 1. The van der Waals surface area contributed by atoms with Gasteiger partial charge in [0.2, 0.25) is 5.95 Å². The van der Waals surface area contributed by atoms with E-state index in [-0.39, 0.29) is 18.8 Å². The molecule has 2 heterocycles. The Morgan fingerprint density at radius 1 is 1.56 bits per heavy atom. The van der Waals surface area contributed by atoms with Crippen molar-refractivity contribution in [2.75, 3.05) is 25.2 Å². The fourth-order valence-electron chi connectivity index (χ4n) is 1.92. The van der Waals surface area contributed by atoms with Crippen molar-refractivity contribution in [2.24, 2.45) is 0 Å². The van der Waals surface area contributed by atoms with E-state index in [0.29, 0.717) is 17.5 Å². The van der Waals surface area contributed by atoms with Crippen LogP contribution in [0.15, 0.2) is 12.4 Å². The van der Waals surface area contributed by atoms with Crippen molar-refractivity contribution in [3.63, 3.8) is 0 Å². The van der Waals surface area contributed by atoms with Gasteiger partial charge in [0, 0.05) is 13.7 Å². The Labute approximate surface area is 99.0 Å². The monoisotopic (exact) mass is 243 g/mol. The largest absolute Gasteiger partial charge is 0.394 e. The molecule has 2 rings (SSSR count). The molecule has 2 atom stereocenters. The van der Waals surface area contributed by atoms with Crippen molar-refractivity contribution in [3.05, 3.63) is 17.4 Å². The van der Waals surface area contributed by atoms with Gasteiger partial charge in [-0.15, -0.1) is 0 Å². The molecule has 1 aliphatic heterocycles. The Hall–Kier alpha value is -0.910. The van der Waals surface area contributed by atoms with Crippen molar-refractivity contribution in [3.8, 4) is 0 Å². The van der Waals surface area contributed by atoms with E-state index in [2.05, 4.69) is 9.97 Å². The van der Waals surface area contributed by atoms with Crippen LogP contribution in [0, 0.1) is 0 Å². The van der Waals surface area contributed by atoms with Crippen LogP contribution in [0.1, 0.15) is 6.42 Å². The van der Waals surface area contributed by atoms with Gasteiger partial charge in [0.05, 0.1) is 36.2 Å². The Morgan fingerprint density at radius 2 is 2.25 bits per heavy atom. The number of anilines is 1. The minimum atomic E-state index is 0.0196. The highest BCUT2D eigenvalue weighted by Gasteiger charge is 2.33. The summed E-state index contributed by atoms with van der Waals surface area (Å²) in [5.41, 5.74) is 0. The summed E-state index contributed by atoms with van der Waals surface area (Å²) in [7, 11) is 1.67. The molecule has 0 aliphatic carbocycles. The molecule has 1 aromatic rings. The Morgan fingerprint density at radius 3 is 2.81 bits per heavy atom. The fraction of sp³-hybridized carbons (Fsp3) is 0.600. The summed E-state index contributed by atoms with van der Waals surface area (Å²) >= 11 is 5.73. The lowest BCUT2D eigenvalue weighted by molar-refractivity contribution is 0.115. The van der Waals surface area contributed by atoms with E-state index < -0.39 is 0 Å². The molecule has 1 fully saturated rings. The predicted molar refractivity (Wildman–Crippen MR) is 60.7 cm³/mol. The molecule has 1 saturated heterocycles. The van der Waals surface area contributed by atoms with Gasteiger partial charge >= 0.3 is 0 Å². The maximum absolute atomic E-state index is 9.29. The number of methoxy groups -OCH3 is 1. The normalized spacial score (nSPS) is 25.1. The van der Waals surface area contributed by atoms with Gasteiger partial charge in [0.1, 0.15) is 0 Å². The molecular formula is C10H14ClN3O2. The SMILES string of the molecule is CO[C@@H]1C[C@@H](CO)N(c2ncc(Cl)cn2)C1. The average molecular weight is 244 g/mol. The Balaban J connectivity index is 2.16. The summed E-state index contributed by atoms with van der Waals surface area (Å²) in [5, 5.41) is 9.79. The number of hydrogen-bond acceptors (Lipinski definition) is 5. The van der Waals surface area contributed by atoms with Crippen LogP contribution in [0.3, 0.4) is 0 Å². The molecule has 0 saturated carbocycles. The molecule has 0 aromatic carbocycles. The van der Waals surface area contributed by atoms with Gasteiger partial charge in [-0.2, -0.15) is 0 Å². The molecule has 0 bridgehead atoms. The maximum Gasteiger partial charge on any atom is 0.225 e. The van der Waals surface area contributed by atoms with Crippen LogP contribution in [0.5, 0.6) is 0 Å². The predicted octanol–water partition coefficient (Wildman–Crippen LogP) is 0.716. The van der Waals surface area contributed by atoms with E-state index in [0.717, 1.165) is 6.42 Å². The third-order valence-electron chi connectivity index (χ3n) is 2.78. The molecule has 0 radical (unpaired) electrons. The molecule has 5 nitrogen and oxygen atoms in total. The first-order valence-corrected chi connectivity index (χ1v) is 5.50. The quantitative estimate of drug-likeness (QED) is 0.848. The summed E-state index contributed by atoms with van der Waals surface area (Å²) in [6, 6.07) is 0.0196. The van der Waals surface area contributed by atoms with Gasteiger partial charge in [-0.3, -0.25) is 0 Å². The van der Waals surface area contributed by atoms with Crippen molar-refractivity contribution in [1.82, 2.24) is 9.97 Å². The molecule has 1 N–H and O–H groups in total. The highest BCUT2D eigenvalue weighted by Crippen LogP contribution is 2.24. The third-order valence-corrected chi connectivity index (χ3v) is 2.98. The zero-order chi connectivity index (χ0) is 11.5. The van der Waals surface area contributed by atoms with E-state index in [1.165, 1.54) is 0 Å². The van der Waals surface area contributed by atoms with Crippen molar-refractivity contribution in [2.45, 2.75) is 18.6 Å². The maximum atomic E-state index is 9.29. The Kier molecular flexibility index (Phi) is 3.58. The molecule has 0 spiro atoms. The number of nitrogens with zero attached hydrogens (tertiary/aromatic N) is 3. The van der Waals surface area contributed by atoms with Gasteiger partial charge in [0.25, 0.3) is 0 Å². The van der Waals surface area contributed by atoms with E-state index in [4.69, 9.17) is 16.3 Å².